The molecule has 0 aliphatic carbocycles. The van der Waals surface area contributed by atoms with Gasteiger partial charge in [-0.25, -0.2) is 29.9 Å². The fourth-order valence-electron chi connectivity index (χ4n) is 6.59. The molecule has 0 amide bonds. The lowest BCUT2D eigenvalue weighted by Crippen LogP contribution is -2.66. The Bertz CT molecular complexity index is 2460. The van der Waals surface area contributed by atoms with Gasteiger partial charge in [0.1, 0.15) is 36.9 Å². The Hall–Kier alpha value is -6.51. The number of nitrogens with zero attached hydrogens (tertiary/aromatic N) is 12. The normalized spacial score (nSPS) is 16.4. The van der Waals surface area contributed by atoms with E-state index in [0.29, 0.717) is 91.6 Å². The summed E-state index contributed by atoms with van der Waals surface area (Å²) >= 11 is 5.76. The van der Waals surface area contributed by atoms with Crippen LogP contribution in [-0.2, 0) is 9.47 Å². The summed E-state index contributed by atoms with van der Waals surface area (Å²) in [6, 6.07) is 3.58. The van der Waals surface area contributed by atoms with Crippen LogP contribution in [0.15, 0.2) is 62.0 Å². The molecule has 20 nitrogen and oxygen atoms in total. The number of ether oxygens (including phenoxy) is 6. The van der Waals surface area contributed by atoms with E-state index < -0.39 is 0 Å². The van der Waals surface area contributed by atoms with Gasteiger partial charge in [-0.15, -0.1) is 0 Å². The van der Waals surface area contributed by atoms with Crippen molar-refractivity contribution < 1.29 is 28.4 Å². The summed E-state index contributed by atoms with van der Waals surface area (Å²) in [6.07, 6.45) is 13.7. The molecule has 2 fully saturated rings. The van der Waals surface area contributed by atoms with Gasteiger partial charge in [-0.2, -0.15) is 9.97 Å². The van der Waals surface area contributed by atoms with Crippen molar-refractivity contribution in [1.82, 2.24) is 49.0 Å². The van der Waals surface area contributed by atoms with Gasteiger partial charge in [0.05, 0.1) is 88.2 Å². The van der Waals surface area contributed by atoms with Gasteiger partial charge in [0.15, 0.2) is 46.3 Å². The highest BCUT2D eigenvalue weighted by molar-refractivity contribution is 6.28. The smallest absolute Gasteiger partial charge is 0.229 e. The molecular formula is C38H43ClN14O6. The predicted molar refractivity (Wildman–Crippen MR) is 217 cm³/mol. The van der Waals surface area contributed by atoms with E-state index in [4.69, 9.17) is 45.8 Å². The summed E-state index contributed by atoms with van der Waals surface area (Å²) in [5, 5.41) is 3.43. The Morgan fingerprint density at radius 2 is 1.19 bits per heavy atom. The van der Waals surface area contributed by atoms with E-state index in [1.807, 2.05) is 51.0 Å². The van der Waals surface area contributed by atoms with Gasteiger partial charge in [-0.05, 0) is 25.4 Å². The van der Waals surface area contributed by atoms with Crippen molar-refractivity contribution in [2.24, 2.45) is 0 Å². The highest BCUT2D eigenvalue weighted by Crippen LogP contribution is 2.40. The molecule has 0 unspecified atom stereocenters. The summed E-state index contributed by atoms with van der Waals surface area (Å²) in [4.78, 5) is 38.3. The number of rotatable bonds is 6. The summed E-state index contributed by atoms with van der Waals surface area (Å²) < 4.78 is 36.4. The zero-order valence-corrected chi connectivity index (χ0v) is 34.0. The zero-order chi connectivity index (χ0) is 41.3. The number of methoxy groups -OCH3 is 2. The molecule has 4 aliphatic rings. The molecule has 0 saturated carbocycles. The van der Waals surface area contributed by atoms with Gasteiger partial charge in [-0.3, -0.25) is 9.13 Å². The molecule has 0 aromatic carbocycles. The number of fused-ring (bicyclic) bond motifs is 2. The number of nitrogens with one attached hydrogen (secondary N) is 1. The number of aryl methyl sites for hydroxylation is 2. The third-order valence-electron chi connectivity index (χ3n) is 10.3. The lowest BCUT2D eigenvalue weighted by atomic mass is 9.95. The largest absolute Gasteiger partial charge is 0.493 e. The molecule has 308 valence electrons. The molecule has 59 heavy (non-hydrogen) atoms. The molecule has 10 rings (SSSR count). The van der Waals surface area contributed by atoms with Crippen LogP contribution in [0.2, 0.25) is 5.28 Å². The molecule has 6 aromatic rings. The van der Waals surface area contributed by atoms with Crippen molar-refractivity contribution in [3.05, 3.63) is 78.6 Å². The third-order valence-corrected chi connectivity index (χ3v) is 10.5. The lowest BCUT2D eigenvalue weighted by molar-refractivity contribution is -0.0797. The Labute approximate surface area is 344 Å². The molecular weight excluding hydrogens is 784 g/mol. The monoisotopic (exact) mass is 826 g/mol. The summed E-state index contributed by atoms with van der Waals surface area (Å²) in [7, 11) is 7.18. The quantitative estimate of drug-likeness (QED) is 0.230. The molecule has 0 radical (unpaired) electrons. The second kappa shape index (κ2) is 16.0. The van der Waals surface area contributed by atoms with Crippen molar-refractivity contribution in [3.63, 3.8) is 0 Å². The number of hydrogen-bond acceptors (Lipinski definition) is 18. The van der Waals surface area contributed by atoms with E-state index in [1.54, 1.807) is 62.3 Å². The maximum atomic E-state index is 5.84. The number of likely N-dealkylation sites (N-methyl/N-ethyl adjacent to an activating group) is 2. The van der Waals surface area contributed by atoms with E-state index in [2.05, 4.69) is 55.0 Å². The van der Waals surface area contributed by atoms with Crippen molar-refractivity contribution in [2.75, 3.05) is 88.8 Å². The first kappa shape index (κ1) is 39.3. The number of nitrogen functional groups attached to an aromatic ring is 1. The van der Waals surface area contributed by atoms with Crippen molar-refractivity contribution in [3.8, 4) is 34.6 Å². The standard InChI is InChI=1S/C19H21N7O3.C10H12N4O.C9H10ClN3O2/c1-12-7-26(11-22-12)16-14(27-3)4-13(5-20-16)23-18-21-6-15-17(24-18)25(2)19(10-29-15)8-28-9-19;1-7-5-14(6-13-7)10-9(15-2)3-8(11)4-12-10;1-13-7-6(2-11-8(10)12-7)15-5-9(13)3-14-4-9/h4-7,11H,8-10H2,1-3H3,(H,21,23,24);3-6H,11H2,1-2H3;2H,3-5H2,1H3. The van der Waals surface area contributed by atoms with Crippen LogP contribution in [0.25, 0.3) is 11.6 Å². The van der Waals surface area contributed by atoms with Gasteiger partial charge >= 0.3 is 0 Å². The SMILES string of the molecule is CN1c2nc(Cl)ncc2OCC12COC2.COc1cc(N)cnc1-n1cnc(C)c1.COc1cc(Nc2ncc3c(n2)N(C)C2(COC2)CO3)cnc1-n1cnc(C)c1. The first-order valence-electron chi connectivity index (χ1n) is 18.4. The first-order chi connectivity index (χ1) is 28.5. The predicted octanol–water partition coefficient (Wildman–Crippen LogP) is 3.61. The average Bonchev–Trinajstić information content (AvgIpc) is 3.85. The number of hydrogen-bond donors (Lipinski definition) is 2. The fourth-order valence-corrected chi connectivity index (χ4v) is 6.72. The maximum absolute atomic E-state index is 5.84. The van der Waals surface area contributed by atoms with E-state index in [1.165, 1.54) is 0 Å². The molecule has 2 spiro atoms. The van der Waals surface area contributed by atoms with Crippen LogP contribution in [0.1, 0.15) is 11.4 Å². The van der Waals surface area contributed by atoms with Crippen LogP contribution in [0.4, 0.5) is 29.0 Å². The van der Waals surface area contributed by atoms with Crippen LogP contribution < -0.4 is 39.8 Å². The molecule has 2 saturated heterocycles. The Morgan fingerprint density at radius 1 is 0.661 bits per heavy atom. The van der Waals surface area contributed by atoms with Gasteiger partial charge in [0.2, 0.25) is 11.2 Å². The lowest BCUT2D eigenvalue weighted by Gasteiger charge is -2.50. The Morgan fingerprint density at radius 3 is 1.69 bits per heavy atom. The number of pyridine rings is 2. The summed E-state index contributed by atoms with van der Waals surface area (Å²) in [5.74, 6) is 5.86. The third kappa shape index (κ3) is 7.76. The molecule has 10 heterocycles. The maximum Gasteiger partial charge on any atom is 0.229 e. The summed E-state index contributed by atoms with van der Waals surface area (Å²) in [6.45, 7) is 7.63. The van der Waals surface area contributed by atoms with Crippen LogP contribution in [-0.4, -0.2) is 128 Å². The zero-order valence-electron chi connectivity index (χ0n) is 33.3. The van der Waals surface area contributed by atoms with E-state index in [9.17, 15) is 0 Å². The van der Waals surface area contributed by atoms with Crippen LogP contribution in [0, 0.1) is 13.8 Å². The van der Waals surface area contributed by atoms with E-state index in [0.717, 1.165) is 23.0 Å². The first-order valence-corrected chi connectivity index (χ1v) is 18.8. The molecule has 3 N–H and O–H groups in total. The Balaban J connectivity index is 0.000000136. The minimum atomic E-state index is -0.145. The van der Waals surface area contributed by atoms with Crippen LogP contribution in [0.3, 0.4) is 0 Å². The van der Waals surface area contributed by atoms with Gasteiger partial charge in [0, 0.05) is 38.6 Å². The van der Waals surface area contributed by atoms with Crippen molar-refractivity contribution in [2.45, 2.75) is 24.9 Å². The van der Waals surface area contributed by atoms with Gasteiger partial charge < -0.3 is 49.3 Å². The highest BCUT2D eigenvalue weighted by Gasteiger charge is 2.49. The van der Waals surface area contributed by atoms with Crippen molar-refractivity contribution in [1.29, 1.82) is 0 Å². The molecule has 6 aromatic heterocycles. The van der Waals surface area contributed by atoms with Crippen LogP contribution in [0.5, 0.6) is 23.0 Å². The second-order valence-electron chi connectivity index (χ2n) is 14.4. The van der Waals surface area contributed by atoms with Crippen molar-refractivity contribution >= 4 is 40.6 Å². The number of nitrogens with two attached hydrogens (primary N) is 1. The average molecular weight is 827 g/mol. The molecule has 4 aliphatic heterocycles. The van der Waals surface area contributed by atoms with Gasteiger partial charge in [-0.1, -0.05) is 0 Å². The molecule has 0 bridgehead atoms. The minimum Gasteiger partial charge on any atom is -0.493 e. The van der Waals surface area contributed by atoms with Gasteiger partial charge in [0.25, 0.3) is 0 Å². The Kier molecular flexibility index (Phi) is 10.7. The number of halogens is 1. The highest BCUT2D eigenvalue weighted by atomic mass is 35.5. The minimum absolute atomic E-state index is 0.0648. The number of anilines is 5. The van der Waals surface area contributed by atoms with E-state index in [-0.39, 0.29) is 16.4 Å². The topological polar surface area (TPSA) is 213 Å². The molecule has 21 heteroatoms. The summed E-state index contributed by atoms with van der Waals surface area (Å²) in [5.41, 5.74) is 8.53. The number of imidazole rings is 2. The fraction of sp³-hybridized carbons (Fsp3) is 0.368. The molecule has 0 atom stereocenters. The number of aromatic nitrogens is 10. The van der Waals surface area contributed by atoms with E-state index >= 15 is 0 Å². The second-order valence-corrected chi connectivity index (χ2v) is 14.7. The van der Waals surface area contributed by atoms with Crippen LogP contribution >= 0.6 is 11.6 Å².